The molecule has 2 atom stereocenters. The number of nitrogens with zero attached hydrogens (tertiary/aromatic N) is 5. The van der Waals surface area contributed by atoms with Gasteiger partial charge in [-0.15, -0.1) is 0 Å². The maximum Gasteiger partial charge on any atom is 0.249 e. The highest BCUT2D eigenvalue weighted by Gasteiger charge is 2.36. The Kier molecular flexibility index (Phi) is 5.92. The molecule has 0 unspecified atom stereocenters. The molecule has 1 aliphatic heterocycles. The number of carbonyl (C=O) groups excluding carboxylic acids is 1. The number of hydrogen-bond donors (Lipinski definition) is 2. The molecule has 1 aromatic carbocycles. The summed E-state index contributed by atoms with van der Waals surface area (Å²) in [5.41, 5.74) is 4.24. The molecule has 9 heteroatoms. The number of anilines is 2. The molecule has 32 heavy (non-hydrogen) atoms. The third-order valence-corrected chi connectivity index (χ3v) is 5.80. The summed E-state index contributed by atoms with van der Waals surface area (Å²) in [4.78, 5) is 23.3. The molecule has 0 fully saturated rings. The SMILES string of the molecule is Cc1cc(F)ccc1Cn1cc(CCc2nc(C)c3c(n2)N(C)[C@@H]([C@@H](C)O)C(=O)N3)cn1. The van der Waals surface area contributed by atoms with Gasteiger partial charge in [-0.1, -0.05) is 6.07 Å². The largest absolute Gasteiger partial charge is 0.391 e. The summed E-state index contributed by atoms with van der Waals surface area (Å²) >= 11 is 0. The van der Waals surface area contributed by atoms with Gasteiger partial charge in [-0.05, 0) is 56.0 Å². The number of rotatable bonds is 6. The molecule has 3 heterocycles. The predicted molar refractivity (Wildman–Crippen MR) is 119 cm³/mol. The van der Waals surface area contributed by atoms with E-state index in [2.05, 4.69) is 20.4 Å². The van der Waals surface area contributed by atoms with Crippen LogP contribution in [0.2, 0.25) is 0 Å². The Bertz CT molecular complexity index is 1160. The van der Waals surface area contributed by atoms with E-state index in [1.807, 2.05) is 30.9 Å². The second kappa shape index (κ2) is 8.66. The smallest absolute Gasteiger partial charge is 0.249 e. The summed E-state index contributed by atoms with van der Waals surface area (Å²) in [5.74, 6) is 0.771. The summed E-state index contributed by atoms with van der Waals surface area (Å²) in [7, 11) is 1.76. The lowest BCUT2D eigenvalue weighted by molar-refractivity contribution is -0.119. The molecule has 0 saturated heterocycles. The number of hydrogen-bond acceptors (Lipinski definition) is 6. The standard InChI is InChI=1S/C23H27FN6O2/c1-13-9-18(24)7-6-17(13)12-30-11-16(10-25-30)5-8-19-26-14(2)20-22(27-19)29(4)21(15(3)31)23(32)28-20/h6-7,9-11,15,21,31H,5,8,12H2,1-4H3,(H,28,32)/t15-,21+/m1/s1. The van der Waals surface area contributed by atoms with E-state index < -0.39 is 12.1 Å². The lowest BCUT2D eigenvalue weighted by atomic mass is 10.1. The van der Waals surface area contributed by atoms with Crippen LogP contribution in [0.15, 0.2) is 30.6 Å². The second-order valence-electron chi connectivity index (χ2n) is 8.33. The zero-order valence-electron chi connectivity index (χ0n) is 18.6. The number of nitrogens with one attached hydrogen (secondary N) is 1. The van der Waals surface area contributed by atoms with Crippen LogP contribution in [-0.2, 0) is 24.2 Å². The third kappa shape index (κ3) is 4.34. The molecular formula is C23H27FN6O2. The molecular weight excluding hydrogens is 411 g/mol. The fourth-order valence-electron chi connectivity index (χ4n) is 4.06. The predicted octanol–water partition coefficient (Wildman–Crippen LogP) is 2.40. The Labute approximate surface area is 186 Å². The van der Waals surface area contributed by atoms with Crippen LogP contribution in [0.5, 0.6) is 0 Å². The van der Waals surface area contributed by atoms with Crippen molar-refractivity contribution in [2.24, 2.45) is 0 Å². The first-order valence-electron chi connectivity index (χ1n) is 10.6. The molecule has 2 N–H and O–H groups in total. The van der Waals surface area contributed by atoms with Gasteiger partial charge < -0.3 is 15.3 Å². The fraction of sp³-hybridized carbons (Fsp3) is 0.391. The molecule has 1 amide bonds. The number of aryl methyl sites for hydroxylation is 4. The van der Waals surface area contributed by atoms with Gasteiger partial charge in [0.1, 0.15) is 23.4 Å². The average Bonchev–Trinajstić information content (AvgIpc) is 3.17. The monoisotopic (exact) mass is 438 g/mol. The summed E-state index contributed by atoms with van der Waals surface area (Å²) in [5, 5.41) is 17.2. The lowest BCUT2D eigenvalue weighted by Crippen LogP contribution is -2.52. The third-order valence-electron chi connectivity index (χ3n) is 5.80. The van der Waals surface area contributed by atoms with Crippen molar-refractivity contribution in [3.63, 3.8) is 0 Å². The molecule has 0 spiro atoms. The highest BCUT2D eigenvalue weighted by atomic mass is 19.1. The van der Waals surface area contributed by atoms with Crippen molar-refractivity contribution in [2.45, 2.75) is 52.3 Å². The van der Waals surface area contributed by atoms with Crippen LogP contribution in [0, 0.1) is 19.7 Å². The first-order valence-corrected chi connectivity index (χ1v) is 10.6. The number of benzene rings is 1. The van der Waals surface area contributed by atoms with Crippen molar-refractivity contribution in [1.29, 1.82) is 0 Å². The minimum atomic E-state index is -0.831. The van der Waals surface area contributed by atoms with Crippen LogP contribution >= 0.6 is 0 Å². The minimum absolute atomic E-state index is 0.238. The van der Waals surface area contributed by atoms with E-state index in [4.69, 9.17) is 0 Å². The number of amides is 1. The van der Waals surface area contributed by atoms with Crippen molar-refractivity contribution >= 4 is 17.4 Å². The second-order valence-corrected chi connectivity index (χ2v) is 8.33. The molecule has 0 aliphatic carbocycles. The van der Waals surface area contributed by atoms with Crippen LogP contribution in [0.25, 0.3) is 0 Å². The zero-order chi connectivity index (χ0) is 23.0. The van der Waals surface area contributed by atoms with Crippen molar-refractivity contribution < 1.29 is 14.3 Å². The van der Waals surface area contributed by atoms with E-state index in [0.29, 0.717) is 42.4 Å². The number of aliphatic hydroxyl groups excluding tert-OH is 1. The highest BCUT2D eigenvalue weighted by Crippen LogP contribution is 2.32. The van der Waals surface area contributed by atoms with Gasteiger partial charge in [0.2, 0.25) is 5.91 Å². The van der Waals surface area contributed by atoms with Crippen molar-refractivity contribution in [3.8, 4) is 0 Å². The summed E-state index contributed by atoms with van der Waals surface area (Å²) in [6, 6.07) is 4.07. The lowest BCUT2D eigenvalue weighted by Gasteiger charge is -2.36. The van der Waals surface area contributed by atoms with Gasteiger partial charge in [-0.2, -0.15) is 5.10 Å². The quantitative estimate of drug-likeness (QED) is 0.614. The maximum absolute atomic E-state index is 13.3. The van der Waals surface area contributed by atoms with E-state index in [1.165, 1.54) is 12.1 Å². The van der Waals surface area contributed by atoms with E-state index in [0.717, 1.165) is 16.7 Å². The van der Waals surface area contributed by atoms with Gasteiger partial charge in [0.05, 0.1) is 24.5 Å². The van der Waals surface area contributed by atoms with E-state index >= 15 is 0 Å². The van der Waals surface area contributed by atoms with Crippen molar-refractivity contribution in [2.75, 3.05) is 17.3 Å². The molecule has 3 aromatic rings. The van der Waals surface area contributed by atoms with Gasteiger partial charge in [-0.25, -0.2) is 14.4 Å². The molecule has 1 aliphatic rings. The molecule has 8 nitrogen and oxygen atoms in total. The van der Waals surface area contributed by atoms with Crippen LogP contribution < -0.4 is 10.2 Å². The van der Waals surface area contributed by atoms with Gasteiger partial charge in [0, 0.05) is 19.7 Å². The first-order chi connectivity index (χ1) is 15.2. The van der Waals surface area contributed by atoms with Crippen LogP contribution in [0.4, 0.5) is 15.9 Å². The van der Waals surface area contributed by atoms with Crippen LogP contribution in [0.3, 0.4) is 0 Å². The Morgan fingerprint density at radius 3 is 2.75 bits per heavy atom. The van der Waals surface area contributed by atoms with Gasteiger partial charge in [0.15, 0.2) is 5.82 Å². The number of aliphatic hydroxyl groups is 1. The number of likely N-dealkylation sites (N-methyl/N-ethyl adjacent to an activating group) is 1. The minimum Gasteiger partial charge on any atom is -0.391 e. The molecule has 0 saturated carbocycles. The molecule has 0 bridgehead atoms. The first kappa shape index (κ1) is 21.9. The van der Waals surface area contributed by atoms with Crippen molar-refractivity contribution in [1.82, 2.24) is 19.7 Å². The van der Waals surface area contributed by atoms with E-state index in [1.54, 1.807) is 24.9 Å². The number of fused-ring (bicyclic) bond motifs is 1. The Morgan fingerprint density at radius 2 is 2.03 bits per heavy atom. The molecule has 168 valence electrons. The topological polar surface area (TPSA) is 96.2 Å². The van der Waals surface area contributed by atoms with Gasteiger partial charge in [0.25, 0.3) is 0 Å². The number of carbonyl (C=O) groups is 1. The molecule has 4 rings (SSSR count). The number of aromatic nitrogens is 4. The van der Waals surface area contributed by atoms with E-state index in [-0.39, 0.29) is 11.7 Å². The highest BCUT2D eigenvalue weighted by molar-refractivity contribution is 6.03. The van der Waals surface area contributed by atoms with Gasteiger partial charge in [-0.3, -0.25) is 9.48 Å². The van der Waals surface area contributed by atoms with E-state index in [9.17, 15) is 14.3 Å². The maximum atomic E-state index is 13.3. The number of halogens is 1. The molecule has 2 aromatic heterocycles. The molecule has 0 radical (unpaired) electrons. The summed E-state index contributed by atoms with van der Waals surface area (Å²) < 4.78 is 15.2. The van der Waals surface area contributed by atoms with Crippen LogP contribution in [0.1, 0.15) is 35.1 Å². The Balaban J connectivity index is 1.47. The zero-order valence-corrected chi connectivity index (χ0v) is 18.6. The average molecular weight is 439 g/mol. The Morgan fingerprint density at radius 1 is 1.25 bits per heavy atom. The Hall–Kier alpha value is -3.33. The van der Waals surface area contributed by atoms with Crippen LogP contribution in [-0.4, -0.2) is 50.0 Å². The summed E-state index contributed by atoms with van der Waals surface area (Å²) in [6.45, 7) is 5.89. The summed E-state index contributed by atoms with van der Waals surface area (Å²) in [6.07, 6.45) is 4.28. The van der Waals surface area contributed by atoms with Crippen molar-refractivity contribution in [3.05, 3.63) is 64.6 Å². The normalized spacial score (nSPS) is 16.6. The fourth-order valence-corrected chi connectivity index (χ4v) is 4.06. The van der Waals surface area contributed by atoms with Gasteiger partial charge >= 0.3 is 0 Å².